The summed E-state index contributed by atoms with van der Waals surface area (Å²) in [6, 6.07) is 19.8. The van der Waals surface area contributed by atoms with Gasteiger partial charge in [-0.15, -0.1) is 5.10 Å². The number of aromatic nitrogens is 4. The highest BCUT2D eigenvalue weighted by Crippen LogP contribution is 2.22. The lowest BCUT2D eigenvalue weighted by atomic mass is 10.0. The molecule has 4 rings (SSSR count). The zero-order valence-electron chi connectivity index (χ0n) is 19.0. The van der Waals surface area contributed by atoms with Gasteiger partial charge in [0.15, 0.2) is 0 Å². The van der Waals surface area contributed by atoms with Crippen molar-refractivity contribution in [1.29, 1.82) is 0 Å². The van der Waals surface area contributed by atoms with Gasteiger partial charge in [-0.2, -0.15) is 0 Å². The van der Waals surface area contributed by atoms with Crippen LogP contribution in [0.5, 0.6) is 0 Å². The summed E-state index contributed by atoms with van der Waals surface area (Å²) in [6.45, 7) is 2.84. The largest absolute Gasteiger partial charge is 0.478 e. The molecule has 0 aliphatic heterocycles. The van der Waals surface area contributed by atoms with Gasteiger partial charge in [-0.25, -0.2) is 14.5 Å². The molecule has 0 radical (unpaired) electrons. The molecule has 0 amide bonds. The van der Waals surface area contributed by atoms with E-state index in [0.29, 0.717) is 24.2 Å². The van der Waals surface area contributed by atoms with E-state index in [0.717, 1.165) is 36.2 Å². The molecule has 0 saturated heterocycles. The van der Waals surface area contributed by atoms with Gasteiger partial charge in [0.05, 0.1) is 11.3 Å². The minimum Gasteiger partial charge on any atom is -0.478 e. The molecule has 0 saturated carbocycles. The van der Waals surface area contributed by atoms with E-state index in [-0.39, 0.29) is 17.2 Å². The Bertz CT molecular complexity index is 1280. The third-order valence-corrected chi connectivity index (χ3v) is 5.59. The molecule has 0 aliphatic rings. The fourth-order valence-electron chi connectivity index (χ4n) is 3.78. The molecule has 1 N–H and O–H groups in total. The van der Waals surface area contributed by atoms with Crippen molar-refractivity contribution in [2.75, 3.05) is 0 Å². The molecule has 7 nitrogen and oxygen atoms in total. The zero-order valence-corrected chi connectivity index (χ0v) is 19.0. The van der Waals surface area contributed by atoms with E-state index < -0.39 is 5.97 Å². The van der Waals surface area contributed by atoms with Gasteiger partial charge in [-0.1, -0.05) is 74.4 Å². The predicted octanol–water partition coefficient (Wildman–Crippen LogP) is 5.05. The van der Waals surface area contributed by atoms with Gasteiger partial charge in [0.2, 0.25) is 11.6 Å². The van der Waals surface area contributed by atoms with Gasteiger partial charge >= 0.3 is 5.97 Å². The number of ketones is 1. The van der Waals surface area contributed by atoms with Gasteiger partial charge in [0.25, 0.3) is 0 Å². The Morgan fingerprint density at radius 3 is 2.41 bits per heavy atom. The number of carbonyl (C=O) groups is 2. The Hall–Kier alpha value is -4.13. The Kier molecular flexibility index (Phi) is 7.22. The van der Waals surface area contributed by atoms with Crippen molar-refractivity contribution in [2.24, 2.45) is 0 Å². The Morgan fingerprint density at radius 1 is 0.941 bits per heavy atom. The number of aromatic carboxylic acids is 1. The summed E-state index contributed by atoms with van der Waals surface area (Å²) in [5.74, 6) is -0.271. The van der Waals surface area contributed by atoms with E-state index in [4.69, 9.17) is 0 Å². The van der Waals surface area contributed by atoms with Crippen LogP contribution in [0.3, 0.4) is 0 Å². The first-order chi connectivity index (χ1) is 16.6. The smallest absolute Gasteiger partial charge is 0.337 e. The maximum Gasteiger partial charge on any atom is 0.337 e. The molecule has 0 atom stereocenters. The maximum absolute atomic E-state index is 12.9. The summed E-state index contributed by atoms with van der Waals surface area (Å²) in [5, 5.41) is 14.0. The molecule has 2 aromatic heterocycles. The van der Waals surface area contributed by atoms with Crippen LogP contribution in [0.2, 0.25) is 0 Å². The number of pyridine rings is 1. The van der Waals surface area contributed by atoms with Gasteiger partial charge in [0.1, 0.15) is 5.82 Å². The Balaban J connectivity index is 1.59. The fraction of sp³-hybridized carbons (Fsp3) is 0.222. The SMILES string of the molecule is CCCCCn1nc(C(=O)c2ccccc2)nc1Cc1ccc(-c2ncccc2C(=O)O)cc1. The molecule has 7 heteroatoms. The molecular weight excluding hydrogens is 428 g/mol. The lowest BCUT2D eigenvalue weighted by Crippen LogP contribution is -2.08. The second-order valence-electron chi connectivity index (χ2n) is 8.06. The Labute approximate surface area is 198 Å². The normalized spacial score (nSPS) is 10.9. The highest BCUT2D eigenvalue weighted by Gasteiger charge is 2.18. The molecule has 4 aromatic rings. The molecule has 0 unspecified atom stereocenters. The first kappa shape index (κ1) is 23.0. The first-order valence-electron chi connectivity index (χ1n) is 11.4. The number of hydrogen-bond acceptors (Lipinski definition) is 5. The molecule has 0 aliphatic carbocycles. The van der Waals surface area contributed by atoms with Crippen LogP contribution in [0.1, 0.15) is 64.1 Å². The van der Waals surface area contributed by atoms with Crippen LogP contribution >= 0.6 is 0 Å². The van der Waals surface area contributed by atoms with Gasteiger partial charge in [-0.05, 0) is 24.1 Å². The average molecular weight is 455 g/mol. The third kappa shape index (κ3) is 5.26. The molecule has 172 valence electrons. The van der Waals surface area contributed by atoms with Crippen molar-refractivity contribution >= 4 is 11.8 Å². The molecule has 34 heavy (non-hydrogen) atoms. The van der Waals surface area contributed by atoms with Crippen molar-refractivity contribution in [3.8, 4) is 11.3 Å². The highest BCUT2D eigenvalue weighted by molar-refractivity contribution is 6.06. The minimum absolute atomic E-state index is 0.162. The number of carboxylic acids is 1. The van der Waals surface area contributed by atoms with Crippen LogP contribution in [0.25, 0.3) is 11.3 Å². The van der Waals surface area contributed by atoms with Crippen molar-refractivity contribution in [1.82, 2.24) is 19.7 Å². The van der Waals surface area contributed by atoms with Crippen molar-refractivity contribution in [3.05, 3.63) is 101 Å². The third-order valence-electron chi connectivity index (χ3n) is 5.59. The van der Waals surface area contributed by atoms with Crippen LogP contribution in [-0.4, -0.2) is 36.6 Å². The van der Waals surface area contributed by atoms with E-state index >= 15 is 0 Å². The lowest BCUT2D eigenvalue weighted by molar-refractivity contribution is 0.0697. The summed E-state index contributed by atoms with van der Waals surface area (Å²) in [6.07, 6.45) is 5.22. The average Bonchev–Trinajstić information content (AvgIpc) is 3.27. The van der Waals surface area contributed by atoms with E-state index in [9.17, 15) is 14.7 Å². The standard InChI is InChI=1S/C27H26N4O3/c1-2-3-7-17-31-23(29-26(30-31)25(32)21-9-5-4-6-10-21)18-19-12-14-20(15-13-19)24-22(27(33)34)11-8-16-28-24/h4-6,8-16H,2-3,7,17-18H2,1H3,(H,33,34). The molecule has 2 aromatic carbocycles. The number of benzene rings is 2. The topological polar surface area (TPSA) is 98.0 Å². The summed E-state index contributed by atoms with van der Waals surface area (Å²) in [7, 11) is 0. The van der Waals surface area contributed by atoms with Crippen LogP contribution in [0.4, 0.5) is 0 Å². The van der Waals surface area contributed by atoms with Gasteiger partial charge in [-0.3, -0.25) is 9.78 Å². The number of aryl methyl sites for hydroxylation is 1. The minimum atomic E-state index is -1.01. The van der Waals surface area contributed by atoms with Crippen LogP contribution < -0.4 is 0 Å². The quantitative estimate of drug-likeness (QED) is 0.266. The van der Waals surface area contributed by atoms with E-state index in [1.165, 1.54) is 0 Å². The number of carboxylic acid groups (broad SMARTS) is 1. The van der Waals surface area contributed by atoms with Gasteiger partial charge < -0.3 is 5.11 Å². The van der Waals surface area contributed by atoms with E-state index in [2.05, 4.69) is 22.0 Å². The zero-order chi connectivity index (χ0) is 23.9. The first-order valence-corrected chi connectivity index (χ1v) is 11.4. The van der Waals surface area contributed by atoms with Crippen molar-refractivity contribution in [2.45, 2.75) is 39.2 Å². The Morgan fingerprint density at radius 2 is 1.71 bits per heavy atom. The molecule has 0 fully saturated rings. The number of rotatable bonds is 10. The monoisotopic (exact) mass is 454 g/mol. The summed E-state index contributed by atoms with van der Waals surface area (Å²) >= 11 is 0. The van der Waals surface area contributed by atoms with E-state index in [1.807, 2.05) is 47.1 Å². The molecular formula is C27H26N4O3. The molecule has 0 bridgehead atoms. The van der Waals surface area contributed by atoms with Gasteiger partial charge in [0, 0.05) is 30.3 Å². The molecule has 0 spiro atoms. The number of nitrogens with zero attached hydrogens (tertiary/aromatic N) is 4. The lowest BCUT2D eigenvalue weighted by Gasteiger charge is -2.08. The van der Waals surface area contributed by atoms with Crippen molar-refractivity contribution < 1.29 is 14.7 Å². The predicted molar refractivity (Wildman–Crippen MR) is 129 cm³/mol. The molecule has 2 heterocycles. The second-order valence-corrected chi connectivity index (χ2v) is 8.06. The summed E-state index contributed by atoms with van der Waals surface area (Å²) < 4.78 is 1.83. The fourth-order valence-corrected chi connectivity index (χ4v) is 3.78. The van der Waals surface area contributed by atoms with Crippen molar-refractivity contribution in [3.63, 3.8) is 0 Å². The number of hydrogen-bond donors (Lipinski definition) is 1. The van der Waals surface area contributed by atoms with Crippen LogP contribution in [0.15, 0.2) is 72.9 Å². The maximum atomic E-state index is 12.9. The number of unbranched alkanes of at least 4 members (excludes halogenated alkanes) is 2. The highest BCUT2D eigenvalue weighted by atomic mass is 16.4. The summed E-state index contributed by atoms with van der Waals surface area (Å²) in [5.41, 5.74) is 2.87. The summed E-state index contributed by atoms with van der Waals surface area (Å²) in [4.78, 5) is 33.2. The van der Waals surface area contributed by atoms with Crippen LogP contribution in [0, 0.1) is 0 Å². The number of carbonyl (C=O) groups excluding carboxylic acids is 1. The van der Waals surface area contributed by atoms with E-state index in [1.54, 1.807) is 30.5 Å². The van der Waals surface area contributed by atoms with Crippen LogP contribution in [-0.2, 0) is 13.0 Å². The second kappa shape index (κ2) is 10.7.